The average Bonchev–Trinajstić information content (AvgIpc) is 3.33. The molecule has 0 aromatic heterocycles. The topological polar surface area (TPSA) is 71.4 Å². The van der Waals surface area contributed by atoms with Gasteiger partial charge < -0.3 is 14.7 Å². The number of nitrogens with zero attached hydrogens (tertiary/aromatic N) is 1. The lowest BCUT2D eigenvalue weighted by Gasteiger charge is -2.58. The molecule has 1 heterocycles. The molecule has 0 aromatic rings. The zero-order valence-electron chi connectivity index (χ0n) is 17.5. The van der Waals surface area contributed by atoms with Crippen molar-refractivity contribution < 1.29 is 19.5 Å². The molecule has 3 saturated carbocycles. The molecule has 5 aliphatic rings. The predicted molar refractivity (Wildman–Crippen MR) is 105 cm³/mol. The molecule has 0 radical (unpaired) electrons. The first-order valence-electron chi connectivity index (χ1n) is 11.0. The van der Waals surface area contributed by atoms with E-state index in [1.165, 1.54) is 18.9 Å². The number of carbonyl (C=O) groups excluding carboxylic acids is 1. The number of esters is 1. The van der Waals surface area contributed by atoms with E-state index >= 15 is 0 Å². The van der Waals surface area contributed by atoms with Crippen molar-refractivity contribution in [2.45, 2.75) is 90.4 Å². The fourth-order valence-corrected chi connectivity index (χ4v) is 8.12. The van der Waals surface area contributed by atoms with Gasteiger partial charge in [0.1, 0.15) is 11.7 Å². The Morgan fingerprint density at radius 2 is 2.04 bits per heavy atom. The van der Waals surface area contributed by atoms with E-state index in [1.54, 1.807) is 0 Å². The number of epoxide rings is 1. The van der Waals surface area contributed by atoms with Gasteiger partial charge in [0.25, 0.3) is 0 Å². The van der Waals surface area contributed by atoms with Crippen LogP contribution < -0.4 is 0 Å². The number of allylic oxidation sites excluding steroid dienone is 1. The minimum Gasteiger partial charge on any atom is -0.462 e. The maximum Gasteiger partial charge on any atom is 0.302 e. The van der Waals surface area contributed by atoms with Gasteiger partial charge in [-0.3, -0.25) is 4.79 Å². The van der Waals surface area contributed by atoms with Crippen LogP contribution in [-0.2, 0) is 14.3 Å². The quantitative estimate of drug-likeness (QED) is 0.189. The highest BCUT2D eigenvalue weighted by Crippen LogP contribution is 2.73. The molecule has 5 heteroatoms. The van der Waals surface area contributed by atoms with E-state index in [9.17, 15) is 10.0 Å². The van der Waals surface area contributed by atoms with E-state index < -0.39 is 0 Å². The second-order valence-electron chi connectivity index (χ2n) is 10.5. The summed E-state index contributed by atoms with van der Waals surface area (Å²) in [5.41, 5.74) is 2.28. The molecule has 5 rings (SSSR count). The monoisotopic (exact) mass is 387 g/mol. The molecular weight excluding hydrogens is 354 g/mol. The Labute approximate surface area is 167 Å². The Hall–Kier alpha value is -1.36. The summed E-state index contributed by atoms with van der Waals surface area (Å²) < 4.78 is 11.7. The van der Waals surface area contributed by atoms with Gasteiger partial charge in [0, 0.05) is 18.8 Å². The minimum atomic E-state index is -0.324. The first-order chi connectivity index (χ1) is 13.3. The van der Waals surface area contributed by atoms with E-state index in [0.29, 0.717) is 17.8 Å². The molecule has 4 aliphatic carbocycles. The van der Waals surface area contributed by atoms with Gasteiger partial charge >= 0.3 is 5.97 Å². The number of carbonyl (C=O) groups is 1. The van der Waals surface area contributed by atoms with Gasteiger partial charge in [-0.05, 0) is 68.6 Å². The van der Waals surface area contributed by atoms with Crippen molar-refractivity contribution in [3.8, 4) is 0 Å². The van der Waals surface area contributed by atoms with Crippen molar-refractivity contribution in [2.24, 2.45) is 33.7 Å². The van der Waals surface area contributed by atoms with E-state index in [2.05, 4.69) is 25.1 Å². The van der Waals surface area contributed by atoms with Gasteiger partial charge in [-0.15, -0.1) is 0 Å². The van der Waals surface area contributed by atoms with Crippen LogP contribution in [0.5, 0.6) is 0 Å². The Bertz CT molecular complexity index is 775. The predicted octanol–water partition coefficient (Wildman–Crippen LogP) is 4.48. The lowest BCUT2D eigenvalue weighted by Crippen LogP contribution is -2.54. The zero-order valence-corrected chi connectivity index (χ0v) is 17.5. The van der Waals surface area contributed by atoms with Crippen molar-refractivity contribution in [3.63, 3.8) is 0 Å². The molecule has 154 valence electrons. The fraction of sp³-hybridized carbons (Fsp3) is 0.826. The maximum absolute atomic E-state index is 11.4. The second kappa shape index (κ2) is 5.84. The average molecular weight is 388 g/mol. The molecule has 0 amide bonds. The van der Waals surface area contributed by atoms with Crippen molar-refractivity contribution in [1.29, 1.82) is 0 Å². The Morgan fingerprint density at radius 3 is 2.75 bits per heavy atom. The minimum absolute atomic E-state index is 0.0569. The summed E-state index contributed by atoms with van der Waals surface area (Å²) >= 11 is 0. The Morgan fingerprint density at radius 1 is 1.25 bits per heavy atom. The molecule has 1 saturated heterocycles. The van der Waals surface area contributed by atoms with Crippen LogP contribution in [0.4, 0.5) is 0 Å². The molecule has 0 spiro atoms. The summed E-state index contributed by atoms with van der Waals surface area (Å²) in [7, 11) is 0. The summed E-state index contributed by atoms with van der Waals surface area (Å²) in [5.74, 6) is 1.84. The van der Waals surface area contributed by atoms with Crippen LogP contribution in [0.15, 0.2) is 16.8 Å². The van der Waals surface area contributed by atoms with Crippen LogP contribution in [-0.4, -0.2) is 34.7 Å². The third kappa shape index (κ3) is 2.17. The number of ether oxygens (including phenoxy) is 2. The van der Waals surface area contributed by atoms with Crippen LogP contribution in [0.1, 0.15) is 72.6 Å². The summed E-state index contributed by atoms with van der Waals surface area (Å²) in [6.07, 6.45) is 10.3. The normalized spacial score (nSPS) is 51.9. The van der Waals surface area contributed by atoms with Gasteiger partial charge in [0.15, 0.2) is 0 Å². The van der Waals surface area contributed by atoms with Gasteiger partial charge in [-0.1, -0.05) is 30.7 Å². The van der Waals surface area contributed by atoms with E-state index in [1.807, 2.05) is 6.92 Å². The van der Waals surface area contributed by atoms with E-state index in [-0.39, 0.29) is 34.6 Å². The lowest BCUT2D eigenvalue weighted by molar-refractivity contribution is -0.148. The number of rotatable bonds is 2. The SMILES string of the molecule is CC(=O)O[C@H]1CC[C@@]2(C)C(=CC[C@@H]3[C@@H]2CC[C@@]2(C)[C@H]3C[C@H]3O[C@]32/C(C)=N/O)C1. The summed E-state index contributed by atoms with van der Waals surface area (Å²) in [4.78, 5) is 11.4. The summed E-state index contributed by atoms with van der Waals surface area (Å²) in [6.45, 7) is 8.29. The molecule has 5 nitrogen and oxygen atoms in total. The molecule has 1 aliphatic heterocycles. The third-order valence-electron chi connectivity index (χ3n) is 9.51. The molecule has 0 aromatic carbocycles. The molecule has 0 unspecified atom stereocenters. The Kier molecular flexibility index (Phi) is 3.89. The second-order valence-corrected chi connectivity index (χ2v) is 10.5. The smallest absolute Gasteiger partial charge is 0.302 e. The largest absolute Gasteiger partial charge is 0.462 e. The molecule has 4 fully saturated rings. The highest BCUT2D eigenvalue weighted by Gasteiger charge is 2.78. The van der Waals surface area contributed by atoms with E-state index in [4.69, 9.17) is 9.47 Å². The number of hydrogen-bond acceptors (Lipinski definition) is 5. The third-order valence-corrected chi connectivity index (χ3v) is 9.51. The molecule has 28 heavy (non-hydrogen) atoms. The molecular formula is C23H33NO4. The van der Waals surface area contributed by atoms with Crippen molar-refractivity contribution >= 4 is 11.7 Å². The number of fused-ring (bicyclic) bond motifs is 7. The van der Waals surface area contributed by atoms with Crippen LogP contribution >= 0.6 is 0 Å². The van der Waals surface area contributed by atoms with Crippen molar-refractivity contribution in [3.05, 3.63) is 11.6 Å². The number of oxime groups is 1. The standard InChI is InChI=1S/C23H33NO4/c1-13(24-26)23-20(28-23)12-19-17-6-5-15-11-16(27-14(2)25)7-9-21(15,3)18(17)8-10-22(19,23)4/h5,16-20,26H,6-12H2,1-4H3/b24-13+/t16-,17+,18-,19-,20+,21-,22-,23+/m0/s1. The van der Waals surface area contributed by atoms with Crippen LogP contribution in [0, 0.1) is 28.6 Å². The van der Waals surface area contributed by atoms with Crippen molar-refractivity contribution in [2.75, 3.05) is 0 Å². The maximum atomic E-state index is 11.4. The van der Waals surface area contributed by atoms with Crippen molar-refractivity contribution in [1.82, 2.24) is 0 Å². The highest BCUT2D eigenvalue weighted by molar-refractivity contribution is 5.94. The van der Waals surface area contributed by atoms with Crippen LogP contribution in [0.2, 0.25) is 0 Å². The van der Waals surface area contributed by atoms with Crippen LogP contribution in [0.3, 0.4) is 0 Å². The lowest BCUT2D eigenvalue weighted by atomic mass is 9.47. The highest BCUT2D eigenvalue weighted by atomic mass is 16.6. The number of hydrogen-bond donors (Lipinski definition) is 1. The first kappa shape index (κ1) is 18.7. The first-order valence-corrected chi connectivity index (χ1v) is 11.0. The summed E-state index contributed by atoms with van der Waals surface area (Å²) in [6, 6.07) is 0. The molecule has 1 N–H and O–H groups in total. The van der Waals surface area contributed by atoms with Crippen LogP contribution in [0.25, 0.3) is 0 Å². The Balaban J connectivity index is 1.43. The van der Waals surface area contributed by atoms with Gasteiger partial charge in [0.2, 0.25) is 0 Å². The fourth-order valence-electron chi connectivity index (χ4n) is 8.12. The van der Waals surface area contributed by atoms with E-state index in [0.717, 1.165) is 44.2 Å². The van der Waals surface area contributed by atoms with Gasteiger partial charge in [-0.2, -0.15) is 0 Å². The van der Waals surface area contributed by atoms with Gasteiger partial charge in [0.05, 0.1) is 11.8 Å². The molecule has 8 atom stereocenters. The summed E-state index contributed by atoms with van der Waals surface area (Å²) in [5, 5.41) is 13.0. The van der Waals surface area contributed by atoms with Gasteiger partial charge in [-0.25, -0.2) is 0 Å². The zero-order chi connectivity index (χ0) is 19.9. The molecule has 0 bridgehead atoms.